The van der Waals surface area contributed by atoms with E-state index in [1.54, 1.807) is 76.2 Å². The Balaban J connectivity index is 2.12. The SMILES string of the molecule is CCOC(=O)C1=C(C)NC(C)=C(C(=O)OCC)C1c1cccc(/[N+]([O-])=C/c2ccc(Cl)cc2)c1. The van der Waals surface area contributed by atoms with Gasteiger partial charge in [0.05, 0.1) is 30.3 Å². The molecule has 0 aromatic heterocycles. The molecule has 0 atom stereocenters. The number of esters is 2. The number of halogens is 1. The third-order valence-electron chi connectivity index (χ3n) is 5.35. The Morgan fingerprint density at radius 1 is 1.00 bits per heavy atom. The smallest absolute Gasteiger partial charge is 0.336 e. The summed E-state index contributed by atoms with van der Waals surface area (Å²) >= 11 is 5.92. The van der Waals surface area contributed by atoms with E-state index in [9.17, 15) is 14.8 Å². The van der Waals surface area contributed by atoms with Crippen LogP contribution in [-0.4, -0.2) is 36.1 Å². The van der Waals surface area contributed by atoms with Crippen molar-refractivity contribution in [3.63, 3.8) is 0 Å². The van der Waals surface area contributed by atoms with Crippen LogP contribution >= 0.6 is 11.6 Å². The van der Waals surface area contributed by atoms with Gasteiger partial charge >= 0.3 is 11.9 Å². The molecule has 0 radical (unpaired) electrons. The molecule has 0 saturated heterocycles. The molecule has 0 fully saturated rings. The van der Waals surface area contributed by atoms with Crippen molar-refractivity contribution in [1.29, 1.82) is 0 Å². The van der Waals surface area contributed by atoms with Crippen LogP contribution in [0.1, 0.15) is 44.7 Å². The van der Waals surface area contributed by atoms with Gasteiger partial charge in [-0.05, 0) is 57.5 Å². The largest absolute Gasteiger partial charge is 0.618 e. The van der Waals surface area contributed by atoms with E-state index in [2.05, 4.69) is 5.32 Å². The normalized spacial score (nSPS) is 14.7. The second kappa shape index (κ2) is 11.0. The lowest BCUT2D eigenvalue weighted by Gasteiger charge is -2.30. The summed E-state index contributed by atoms with van der Waals surface area (Å²) in [7, 11) is 0. The molecule has 0 saturated carbocycles. The molecule has 0 unspecified atom stereocenters. The van der Waals surface area contributed by atoms with Gasteiger partial charge in [0.15, 0.2) is 6.21 Å². The molecule has 34 heavy (non-hydrogen) atoms. The lowest BCUT2D eigenvalue weighted by atomic mass is 9.80. The highest BCUT2D eigenvalue weighted by molar-refractivity contribution is 6.30. The van der Waals surface area contributed by atoms with Crippen LogP contribution in [0.2, 0.25) is 5.02 Å². The standard InChI is InChI=1S/C26H27ClN2O5/c1-5-33-25(30)22-16(3)28-17(4)23(26(31)34-6-2)24(22)19-8-7-9-21(14-19)29(32)15-18-10-12-20(27)13-11-18/h7-15,24,28H,5-6H2,1-4H3/b29-15-. The maximum absolute atomic E-state index is 12.9. The molecule has 1 N–H and O–H groups in total. The van der Waals surface area contributed by atoms with E-state index in [4.69, 9.17) is 21.1 Å². The molecule has 3 rings (SSSR count). The Bertz CT molecular complexity index is 1140. The molecule has 0 amide bonds. The predicted octanol–water partition coefficient (Wildman–Crippen LogP) is 4.96. The summed E-state index contributed by atoms with van der Waals surface area (Å²) in [6, 6.07) is 13.7. The van der Waals surface area contributed by atoms with Crippen LogP contribution in [0.15, 0.2) is 71.1 Å². The zero-order valence-corrected chi connectivity index (χ0v) is 20.3. The molecule has 0 spiro atoms. The van der Waals surface area contributed by atoms with Crippen molar-refractivity contribution in [2.45, 2.75) is 33.6 Å². The fourth-order valence-electron chi connectivity index (χ4n) is 3.89. The zero-order valence-electron chi connectivity index (χ0n) is 19.6. The second-order valence-corrected chi connectivity index (χ2v) is 8.11. The summed E-state index contributed by atoms with van der Waals surface area (Å²) in [4.78, 5) is 25.9. The van der Waals surface area contributed by atoms with E-state index >= 15 is 0 Å². The minimum absolute atomic E-state index is 0.185. The average Bonchev–Trinajstić information content (AvgIpc) is 2.80. The van der Waals surface area contributed by atoms with Crippen LogP contribution in [0, 0.1) is 5.21 Å². The molecule has 0 bridgehead atoms. The van der Waals surface area contributed by atoms with Crippen molar-refractivity contribution in [1.82, 2.24) is 5.32 Å². The average molecular weight is 483 g/mol. The van der Waals surface area contributed by atoms with E-state index in [0.717, 1.165) is 4.74 Å². The number of benzene rings is 2. The molecule has 2 aromatic carbocycles. The molecule has 1 aliphatic rings. The molecule has 1 heterocycles. The number of nitrogens with one attached hydrogen (secondary N) is 1. The number of rotatable bonds is 7. The highest BCUT2D eigenvalue weighted by atomic mass is 35.5. The van der Waals surface area contributed by atoms with Gasteiger partial charge in [-0.25, -0.2) is 9.59 Å². The fourth-order valence-corrected chi connectivity index (χ4v) is 4.01. The van der Waals surface area contributed by atoms with Gasteiger partial charge in [-0.2, -0.15) is 4.74 Å². The molecule has 8 heteroatoms. The number of dihydropyridines is 1. The van der Waals surface area contributed by atoms with E-state index in [1.165, 1.54) is 6.21 Å². The van der Waals surface area contributed by atoms with E-state index < -0.39 is 17.9 Å². The monoisotopic (exact) mass is 482 g/mol. The van der Waals surface area contributed by atoms with Gasteiger partial charge in [0.1, 0.15) is 0 Å². The van der Waals surface area contributed by atoms with Crippen molar-refractivity contribution in [3.05, 3.63) is 92.4 Å². The highest BCUT2D eigenvalue weighted by Crippen LogP contribution is 2.40. The Labute approximate surface area is 203 Å². The molecule has 0 aliphatic carbocycles. The lowest BCUT2D eigenvalue weighted by Crippen LogP contribution is -2.32. The topological polar surface area (TPSA) is 90.7 Å². The number of carbonyl (C=O) groups is 2. The van der Waals surface area contributed by atoms with Crippen LogP contribution in [0.5, 0.6) is 0 Å². The summed E-state index contributed by atoms with van der Waals surface area (Å²) < 4.78 is 11.3. The van der Waals surface area contributed by atoms with Crippen LogP contribution in [0.25, 0.3) is 0 Å². The third-order valence-corrected chi connectivity index (χ3v) is 5.60. The van der Waals surface area contributed by atoms with Crippen molar-refractivity contribution < 1.29 is 23.8 Å². The maximum atomic E-state index is 12.9. The molecule has 178 valence electrons. The van der Waals surface area contributed by atoms with Gasteiger partial charge < -0.3 is 20.0 Å². The second-order valence-electron chi connectivity index (χ2n) is 7.68. The van der Waals surface area contributed by atoms with E-state index in [-0.39, 0.29) is 13.2 Å². The number of hydrogen-bond acceptors (Lipinski definition) is 6. The minimum Gasteiger partial charge on any atom is -0.618 e. The van der Waals surface area contributed by atoms with Gasteiger partial charge in [-0.15, -0.1) is 0 Å². The number of ether oxygens (including phenoxy) is 2. The first-order valence-corrected chi connectivity index (χ1v) is 11.3. The quantitative estimate of drug-likeness (QED) is 0.197. The summed E-state index contributed by atoms with van der Waals surface area (Å²) in [5, 5.41) is 16.6. The molecular weight excluding hydrogens is 456 g/mol. The predicted molar refractivity (Wildman–Crippen MR) is 131 cm³/mol. The Morgan fingerprint density at radius 3 is 2.09 bits per heavy atom. The molecule has 7 nitrogen and oxygen atoms in total. The Hall–Kier alpha value is -3.58. The number of carbonyl (C=O) groups excluding carboxylic acids is 2. The highest BCUT2D eigenvalue weighted by Gasteiger charge is 2.38. The lowest BCUT2D eigenvalue weighted by molar-refractivity contribution is -0.354. The summed E-state index contributed by atoms with van der Waals surface area (Å²) in [6.07, 6.45) is 1.43. The fraction of sp³-hybridized carbons (Fsp3) is 0.269. The van der Waals surface area contributed by atoms with Crippen LogP contribution in [0.4, 0.5) is 5.69 Å². The minimum atomic E-state index is -0.761. The van der Waals surface area contributed by atoms with Gasteiger partial charge in [0.25, 0.3) is 0 Å². The Kier molecular flexibility index (Phi) is 8.12. The van der Waals surface area contributed by atoms with Crippen LogP contribution in [0.3, 0.4) is 0 Å². The maximum Gasteiger partial charge on any atom is 0.336 e. The molecule has 2 aromatic rings. The van der Waals surface area contributed by atoms with Crippen LogP contribution in [-0.2, 0) is 19.1 Å². The molecular formula is C26H27ClN2O5. The number of allylic oxidation sites excluding steroid dienone is 2. The van der Waals surface area contributed by atoms with Gasteiger partial charge in [-0.3, -0.25) is 0 Å². The van der Waals surface area contributed by atoms with Gasteiger partial charge in [0, 0.05) is 34.1 Å². The Morgan fingerprint density at radius 2 is 1.56 bits per heavy atom. The van der Waals surface area contributed by atoms with E-state index in [0.29, 0.717) is 44.4 Å². The zero-order chi connectivity index (χ0) is 24.8. The summed E-state index contributed by atoms with van der Waals surface area (Å²) in [5.74, 6) is -1.84. The summed E-state index contributed by atoms with van der Waals surface area (Å²) in [5.41, 5.74) is 3.36. The van der Waals surface area contributed by atoms with Crippen molar-refractivity contribution in [2.75, 3.05) is 13.2 Å². The number of nitrogens with zero attached hydrogens (tertiary/aromatic N) is 1. The van der Waals surface area contributed by atoms with Gasteiger partial charge in [0.2, 0.25) is 5.69 Å². The van der Waals surface area contributed by atoms with Crippen molar-refractivity contribution in [2.24, 2.45) is 0 Å². The van der Waals surface area contributed by atoms with Crippen LogP contribution < -0.4 is 5.32 Å². The van der Waals surface area contributed by atoms with E-state index in [1.807, 2.05) is 0 Å². The first-order chi connectivity index (χ1) is 16.3. The first-order valence-electron chi connectivity index (χ1n) is 11.0. The van der Waals surface area contributed by atoms with Gasteiger partial charge in [-0.1, -0.05) is 23.7 Å². The third kappa shape index (κ3) is 5.48. The first kappa shape index (κ1) is 25.1. The molecule has 1 aliphatic heterocycles. The number of hydrogen-bond donors (Lipinski definition) is 1. The summed E-state index contributed by atoms with van der Waals surface area (Å²) in [6.45, 7) is 7.31. The van der Waals surface area contributed by atoms with Crippen molar-refractivity contribution in [3.8, 4) is 0 Å². The van der Waals surface area contributed by atoms with Crippen molar-refractivity contribution >= 4 is 35.4 Å².